The fourth-order valence-electron chi connectivity index (χ4n) is 3.64. The molecule has 8 heteroatoms. The molecule has 4 N–H and O–H groups in total. The van der Waals surface area contributed by atoms with Gasteiger partial charge in [0, 0.05) is 44.3 Å². The van der Waals surface area contributed by atoms with Crippen molar-refractivity contribution in [2.24, 2.45) is 4.99 Å². The van der Waals surface area contributed by atoms with Crippen molar-refractivity contribution in [3.63, 3.8) is 0 Å². The van der Waals surface area contributed by atoms with Gasteiger partial charge in [0.25, 0.3) is 5.91 Å². The van der Waals surface area contributed by atoms with Crippen LogP contribution in [-0.2, 0) is 6.54 Å². The van der Waals surface area contributed by atoms with Crippen LogP contribution < -0.4 is 16.0 Å². The maximum atomic E-state index is 12.1. The maximum absolute atomic E-state index is 12.1. The molecule has 0 radical (unpaired) electrons. The Labute approximate surface area is 207 Å². The molecule has 2 aromatic rings. The number of likely N-dealkylation sites (tertiary alicyclic amines) is 1. The average molecular weight is 551 g/mol. The third kappa shape index (κ3) is 8.66. The number of piperidine rings is 1. The van der Waals surface area contributed by atoms with Gasteiger partial charge in [0.05, 0.1) is 6.54 Å². The summed E-state index contributed by atoms with van der Waals surface area (Å²) in [6.07, 6.45) is 2.16. The second-order valence-electron chi connectivity index (χ2n) is 7.74. The first-order chi connectivity index (χ1) is 15.1. The van der Waals surface area contributed by atoms with Crippen molar-refractivity contribution in [1.29, 1.82) is 0 Å². The molecule has 1 aliphatic rings. The molecule has 0 atom stereocenters. The van der Waals surface area contributed by atoms with Crippen LogP contribution in [0.3, 0.4) is 0 Å². The van der Waals surface area contributed by atoms with Gasteiger partial charge in [-0.25, -0.2) is 0 Å². The Balaban J connectivity index is 0.00000363. The van der Waals surface area contributed by atoms with Crippen LogP contribution in [0.25, 0.3) is 0 Å². The molecule has 1 aliphatic heterocycles. The van der Waals surface area contributed by atoms with E-state index in [9.17, 15) is 9.90 Å². The van der Waals surface area contributed by atoms with Crippen LogP contribution in [0.1, 0.15) is 35.7 Å². The normalized spacial score (nSPS) is 15.0. The van der Waals surface area contributed by atoms with Gasteiger partial charge in [0.2, 0.25) is 0 Å². The number of benzene rings is 2. The Morgan fingerprint density at radius 3 is 2.41 bits per heavy atom. The number of phenols is 1. The number of nitrogens with zero attached hydrogens (tertiary/aromatic N) is 2. The standard InChI is InChI=1S/C24H33N5O2.HI/c1-2-25-24(27-15-14-26-23(31)20-8-10-22(30)11-9-20)28-21-12-16-29(17-13-21)18-19-6-4-3-5-7-19;/h3-11,21,30H,2,12-18H2,1H3,(H,26,31)(H2,25,27,28);1H. The number of amides is 1. The van der Waals surface area contributed by atoms with Crippen molar-refractivity contribution in [2.45, 2.75) is 32.4 Å². The Bertz CT molecular complexity index is 837. The molecule has 3 rings (SSSR count). The SMILES string of the molecule is CCNC(=NCCNC(=O)c1ccc(O)cc1)NC1CCN(Cc2ccccc2)CC1.I. The van der Waals surface area contributed by atoms with Crippen LogP contribution in [-0.4, -0.2) is 60.6 Å². The quantitative estimate of drug-likeness (QED) is 0.176. The van der Waals surface area contributed by atoms with E-state index in [2.05, 4.69) is 56.2 Å². The monoisotopic (exact) mass is 551 g/mol. The van der Waals surface area contributed by atoms with Gasteiger partial charge in [-0.1, -0.05) is 30.3 Å². The lowest BCUT2D eigenvalue weighted by Gasteiger charge is -2.33. The number of hydrogen-bond donors (Lipinski definition) is 4. The zero-order valence-corrected chi connectivity index (χ0v) is 20.9. The first kappa shape index (κ1) is 25.9. The van der Waals surface area contributed by atoms with E-state index in [1.807, 2.05) is 6.92 Å². The number of guanidine groups is 1. The van der Waals surface area contributed by atoms with Gasteiger partial charge in [0.1, 0.15) is 5.75 Å². The number of carbonyl (C=O) groups excluding carboxylic acids is 1. The van der Waals surface area contributed by atoms with Gasteiger partial charge < -0.3 is 21.1 Å². The summed E-state index contributed by atoms with van der Waals surface area (Å²) in [6, 6.07) is 17.2. The lowest BCUT2D eigenvalue weighted by Crippen LogP contribution is -2.48. The highest BCUT2D eigenvalue weighted by Gasteiger charge is 2.20. The fourth-order valence-corrected chi connectivity index (χ4v) is 3.64. The Hall–Kier alpha value is -2.33. The summed E-state index contributed by atoms with van der Waals surface area (Å²) in [5, 5.41) is 19.0. The number of aromatic hydroxyl groups is 1. The summed E-state index contributed by atoms with van der Waals surface area (Å²) in [4.78, 5) is 19.2. The number of hydrogen-bond acceptors (Lipinski definition) is 4. The molecule has 0 saturated carbocycles. The van der Waals surface area contributed by atoms with E-state index in [0.717, 1.165) is 45.0 Å². The lowest BCUT2D eigenvalue weighted by atomic mass is 10.0. The minimum absolute atomic E-state index is 0. The van der Waals surface area contributed by atoms with Crippen molar-refractivity contribution in [1.82, 2.24) is 20.9 Å². The van der Waals surface area contributed by atoms with Gasteiger partial charge in [-0.05, 0) is 49.6 Å². The van der Waals surface area contributed by atoms with Crippen LogP contribution in [0, 0.1) is 0 Å². The van der Waals surface area contributed by atoms with Gasteiger partial charge in [-0.15, -0.1) is 24.0 Å². The Kier molecular flexibility index (Phi) is 11.3. The van der Waals surface area contributed by atoms with Crippen LogP contribution in [0.15, 0.2) is 59.6 Å². The highest BCUT2D eigenvalue weighted by Crippen LogP contribution is 2.14. The average Bonchev–Trinajstić information content (AvgIpc) is 2.79. The van der Waals surface area contributed by atoms with Crippen LogP contribution in [0.2, 0.25) is 0 Å². The minimum atomic E-state index is -0.168. The van der Waals surface area contributed by atoms with Crippen LogP contribution >= 0.6 is 24.0 Å². The molecular weight excluding hydrogens is 517 g/mol. The third-order valence-electron chi connectivity index (χ3n) is 5.32. The number of rotatable bonds is 8. The molecule has 0 bridgehead atoms. The molecule has 1 amide bonds. The summed E-state index contributed by atoms with van der Waals surface area (Å²) < 4.78 is 0. The van der Waals surface area contributed by atoms with Gasteiger partial charge in [0.15, 0.2) is 5.96 Å². The summed E-state index contributed by atoms with van der Waals surface area (Å²) in [5.74, 6) is 0.773. The lowest BCUT2D eigenvalue weighted by molar-refractivity contribution is 0.0955. The topological polar surface area (TPSA) is 89.0 Å². The molecule has 1 saturated heterocycles. The van der Waals surface area contributed by atoms with Crippen molar-refractivity contribution in [3.8, 4) is 5.75 Å². The Morgan fingerprint density at radius 1 is 1.06 bits per heavy atom. The maximum Gasteiger partial charge on any atom is 0.251 e. The second-order valence-corrected chi connectivity index (χ2v) is 7.74. The molecule has 0 unspecified atom stereocenters. The van der Waals surface area contributed by atoms with Crippen molar-refractivity contribution in [3.05, 3.63) is 65.7 Å². The zero-order chi connectivity index (χ0) is 21.9. The molecule has 32 heavy (non-hydrogen) atoms. The number of halogens is 1. The van der Waals surface area contributed by atoms with Crippen LogP contribution in [0.4, 0.5) is 0 Å². The van der Waals surface area contributed by atoms with Gasteiger partial charge in [-0.3, -0.25) is 14.7 Å². The largest absolute Gasteiger partial charge is 0.508 e. The van der Waals surface area contributed by atoms with Crippen molar-refractivity contribution in [2.75, 3.05) is 32.7 Å². The zero-order valence-electron chi connectivity index (χ0n) is 18.6. The molecule has 7 nitrogen and oxygen atoms in total. The number of carbonyl (C=O) groups is 1. The summed E-state index contributed by atoms with van der Waals surface area (Å²) in [5.41, 5.74) is 1.88. The molecule has 1 heterocycles. The number of phenolic OH excluding ortho intramolecular Hbond substituents is 1. The minimum Gasteiger partial charge on any atom is -0.508 e. The van der Waals surface area contributed by atoms with E-state index in [-0.39, 0.29) is 35.6 Å². The predicted molar refractivity (Wildman–Crippen MR) is 140 cm³/mol. The number of aliphatic imine (C=N–C) groups is 1. The van der Waals surface area contributed by atoms with E-state index in [1.54, 1.807) is 12.1 Å². The van der Waals surface area contributed by atoms with Gasteiger partial charge in [-0.2, -0.15) is 0 Å². The van der Waals surface area contributed by atoms with E-state index in [1.165, 1.54) is 17.7 Å². The smallest absolute Gasteiger partial charge is 0.251 e. The summed E-state index contributed by atoms with van der Waals surface area (Å²) in [7, 11) is 0. The highest BCUT2D eigenvalue weighted by atomic mass is 127. The van der Waals surface area contributed by atoms with E-state index < -0.39 is 0 Å². The van der Waals surface area contributed by atoms with Crippen molar-refractivity contribution < 1.29 is 9.90 Å². The molecule has 0 aliphatic carbocycles. The fraction of sp³-hybridized carbons (Fsp3) is 0.417. The predicted octanol–water partition coefficient (Wildman–Crippen LogP) is 2.96. The molecular formula is C24H34IN5O2. The van der Waals surface area contributed by atoms with E-state index in [4.69, 9.17) is 0 Å². The Morgan fingerprint density at radius 2 is 1.75 bits per heavy atom. The molecule has 1 fully saturated rings. The van der Waals surface area contributed by atoms with E-state index in [0.29, 0.717) is 24.7 Å². The summed E-state index contributed by atoms with van der Waals surface area (Å²) >= 11 is 0. The van der Waals surface area contributed by atoms with Crippen molar-refractivity contribution >= 4 is 35.8 Å². The van der Waals surface area contributed by atoms with Crippen LogP contribution in [0.5, 0.6) is 5.75 Å². The first-order valence-electron chi connectivity index (χ1n) is 11.0. The summed E-state index contributed by atoms with van der Waals surface area (Å²) in [6.45, 7) is 6.91. The highest BCUT2D eigenvalue weighted by molar-refractivity contribution is 14.0. The third-order valence-corrected chi connectivity index (χ3v) is 5.32. The molecule has 0 spiro atoms. The van der Waals surface area contributed by atoms with Gasteiger partial charge >= 0.3 is 0 Å². The molecule has 2 aromatic carbocycles. The molecule has 174 valence electrons. The van der Waals surface area contributed by atoms with E-state index >= 15 is 0 Å². The molecule has 0 aromatic heterocycles. The first-order valence-corrected chi connectivity index (χ1v) is 11.0. The number of nitrogens with one attached hydrogen (secondary N) is 3. The second kappa shape index (κ2) is 13.9.